The Balaban J connectivity index is 1.89. The first-order chi connectivity index (χ1) is 11.9. The van der Waals surface area contributed by atoms with Gasteiger partial charge in [-0.2, -0.15) is 9.78 Å². The average molecular weight is 344 g/mol. The summed E-state index contributed by atoms with van der Waals surface area (Å²) in [6.45, 7) is 6.45. The monoisotopic (exact) mass is 344 g/mol. The summed E-state index contributed by atoms with van der Waals surface area (Å²) in [7, 11) is 0. The van der Waals surface area contributed by atoms with Gasteiger partial charge in [0.2, 0.25) is 5.95 Å². The first-order valence-electron chi connectivity index (χ1n) is 8.68. The number of carbonyl (C=O) groups is 1. The fourth-order valence-electron chi connectivity index (χ4n) is 2.90. The van der Waals surface area contributed by atoms with E-state index in [1.165, 1.54) is 4.68 Å². The van der Waals surface area contributed by atoms with Gasteiger partial charge < -0.3 is 5.32 Å². The highest BCUT2D eigenvalue weighted by Crippen LogP contribution is 2.19. The third kappa shape index (κ3) is 3.89. The first kappa shape index (κ1) is 17.2. The molecule has 0 bridgehead atoms. The fraction of sp³-hybridized carbons (Fsp3) is 0.529. The zero-order valence-corrected chi connectivity index (χ0v) is 14.8. The van der Waals surface area contributed by atoms with E-state index < -0.39 is 0 Å². The van der Waals surface area contributed by atoms with Gasteiger partial charge in [-0.05, 0) is 38.5 Å². The molecule has 0 saturated heterocycles. The van der Waals surface area contributed by atoms with Gasteiger partial charge in [0, 0.05) is 18.2 Å². The van der Waals surface area contributed by atoms with E-state index in [4.69, 9.17) is 0 Å². The topological polar surface area (TPSA) is 105 Å². The number of amides is 2. The molecule has 8 heteroatoms. The second-order valence-corrected chi connectivity index (χ2v) is 6.83. The molecule has 8 nitrogen and oxygen atoms in total. The lowest BCUT2D eigenvalue weighted by Gasteiger charge is -2.15. The Labute approximate surface area is 146 Å². The summed E-state index contributed by atoms with van der Waals surface area (Å²) < 4.78 is 1.47. The van der Waals surface area contributed by atoms with Gasteiger partial charge in [-0.25, -0.2) is 9.78 Å². The van der Waals surface area contributed by atoms with Gasteiger partial charge in [0.05, 0.1) is 11.4 Å². The van der Waals surface area contributed by atoms with E-state index in [9.17, 15) is 9.59 Å². The van der Waals surface area contributed by atoms with Gasteiger partial charge in [-0.15, -0.1) is 0 Å². The average Bonchev–Trinajstić information content (AvgIpc) is 2.93. The van der Waals surface area contributed by atoms with Crippen LogP contribution in [-0.2, 0) is 12.8 Å². The molecule has 0 unspecified atom stereocenters. The lowest BCUT2D eigenvalue weighted by atomic mass is 9.97. The Morgan fingerprint density at radius 1 is 1.36 bits per heavy atom. The predicted octanol–water partition coefficient (Wildman–Crippen LogP) is 1.92. The number of hydrogen-bond acceptors (Lipinski definition) is 4. The molecule has 0 saturated carbocycles. The van der Waals surface area contributed by atoms with Crippen LogP contribution in [0.25, 0.3) is 5.95 Å². The van der Waals surface area contributed by atoms with Crippen molar-refractivity contribution >= 4 is 11.8 Å². The Hall–Kier alpha value is -2.64. The van der Waals surface area contributed by atoms with Crippen LogP contribution in [0, 0.1) is 12.8 Å². The molecular weight excluding hydrogens is 320 g/mol. The van der Waals surface area contributed by atoms with Crippen molar-refractivity contribution < 1.29 is 4.79 Å². The van der Waals surface area contributed by atoms with Crippen molar-refractivity contribution in [3.8, 4) is 5.95 Å². The van der Waals surface area contributed by atoms with E-state index in [0.29, 0.717) is 24.2 Å². The third-order valence-corrected chi connectivity index (χ3v) is 4.12. The number of rotatable bonds is 4. The summed E-state index contributed by atoms with van der Waals surface area (Å²) in [5, 5.41) is 9.93. The summed E-state index contributed by atoms with van der Waals surface area (Å²) in [4.78, 5) is 31.8. The van der Waals surface area contributed by atoms with Crippen LogP contribution >= 0.6 is 0 Å². The Morgan fingerprint density at radius 2 is 2.12 bits per heavy atom. The van der Waals surface area contributed by atoms with Crippen molar-refractivity contribution in [2.75, 3.05) is 11.9 Å². The highest BCUT2D eigenvalue weighted by molar-refractivity contribution is 5.88. The molecule has 1 aliphatic carbocycles. The van der Waals surface area contributed by atoms with E-state index in [0.717, 1.165) is 42.6 Å². The van der Waals surface area contributed by atoms with Crippen molar-refractivity contribution in [2.24, 2.45) is 5.92 Å². The van der Waals surface area contributed by atoms with E-state index in [2.05, 4.69) is 25.7 Å². The third-order valence-electron chi connectivity index (χ3n) is 4.12. The second kappa shape index (κ2) is 7.08. The molecule has 3 rings (SSSR count). The highest BCUT2D eigenvalue weighted by atomic mass is 16.2. The normalized spacial score (nSPS) is 13.6. The summed E-state index contributed by atoms with van der Waals surface area (Å²) in [6, 6.07) is 1.43. The summed E-state index contributed by atoms with van der Waals surface area (Å²) in [5.41, 5.74) is 2.19. The van der Waals surface area contributed by atoms with Crippen molar-refractivity contribution in [3.63, 3.8) is 0 Å². The van der Waals surface area contributed by atoms with Crippen LogP contribution in [0.1, 0.15) is 43.6 Å². The molecule has 2 heterocycles. The number of aromatic amines is 1. The standard InChI is InChI=1S/C17H24N6O2/c1-10(2)9-18-17(25)20-14-8-11(3)22-23(14)16-19-13-7-5-4-6-12(13)15(24)21-16/h8,10H,4-7,9H2,1-3H3,(H2,18,20,25)(H,19,21,24). The number of hydrogen-bond donors (Lipinski definition) is 3. The number of anilines is 1. The highest BCUT2D eigenvalue weighted by Gasteiger charge is 2.18. The lowest BCUT2D eigenvalue weighted by molar-refractivity contribution is 0.250. The molecule has 3 N–H and O–H groups in total. The molecule has 0 aromatic carbocycles. The minimum atomic E-state index is -0.310. The number of H-pyrrole nitrogens is 1. The Morgan fingerprint density at radius 3 is 2.88 bits per heavy atom. The molecule has 2 aromatic rings. The molecular formula is C17H24N6O2. The van der Waals surface area contributed by atoms with E-state index in [1.54, 1.807) is 6.07 Å². The van der Waals surface area contributed by atoms with Gasteiger partial charge in [0.15, 0.2) is 0 Å². The maximum atomic E-state index is 12.3. The second-order valence-electron chi connectivity index (χ2n) is 6.83. The van der Waals surface area contributed by atoms with Gasteiger partial charge in [0.25, 0.3) is 5.56 Å². The van der Waals surface area contributed by atoms with Crippen LogP contribution in [0.3, 0.4) is 0 Å². The number of nitrogens with zero attached hydrogens (tertiary/aromatic N) is 3. The SMILES string of the molecule is Cc1cc(NC(=O)NCC(C)C)n(-c2nc3c(c(=O)[nH]2)CCCC3)n1. The van der Waals surface area contributed by atoms with Gasteiger partial charge in [-0.3, -0.25) is 15.1 Å². The molecule has 1 aliphatic rings. The Kier molecular flexibility index (Phi) is 4.87. The molecule has 2 amide bonds. The number of nitrogens with one attached hydrogen (secondary N) is 3. The minimum absolute atomic E-state index is 0.122. The van der Waals surface area contributed by atoms with Gasteiger partial charge in [0.1, 0.15) is 5.82 Å². The molecule has 0 aliphatic heterocycles. The van der Waals surface area contributed by atoms with Crippen LogP contribution in [-0.4, -0.2) is 32.3 Å². The largest absolute Gasteiger partial charge is 0.338 e. The van der Waals surface area contributed by atoms with Crippen LogP contribution in [0.5, 0.6) is 0 Å². The maximum absolute atomic E-state index is 12.3. The summed E-state index contributed by atoms with van der Waals surface area (Å²) in [5.74, 6) is 1.16. The van der Waals surface area contributed by atoms with Crippen molar-refractivity contribution in [1.82, 2.24) is 25.1 Å². The molecule has 0 fully saturated rings. The van der Waals surface area contributed by atoms with E-state index >= 15 is 0 Å². The van der Waals surface area contributed by atoms with E-state index in [1.807, 2.05) is 20.8 Å². The van der Waals surface area contributed by atoms with Crippen molar-refractivity contribution in [1.29, 1.82) is 0 Å². The minimum Gasteiger partial charge on any atom is -0.338 e. The van der Waals surface area contributed by atoms with Crippen LogP contribution in [0.4, 0.5) is 10.6 Å². The first-order valence-corrected chi connectivity index (χ1v) is 8.68. The molecule has 2 aromatic heterocycles. The number of fused-ring (bicyclic) bond motifs is 1. The number of carbonyl (C=O) groups excluding carboxylic acids is 1. The maximum Gasteiger partial charge on any atom is 0.320 e. The predicted molar refractivity (Wildman–Crippen MR) is 95.2 cm³/mol. The smallest absolute Gasteiger partial charge is 0.320 e. The number of aryl methyl sites for hydroxylation is 2. The molecule has 134 valence electrons. The molecule has 25 heavy (non-hydrogen) atoms. The number of aromatic nitrogens is 4. The zero-order chi connectivity index (χ0) is 18.0. The van der Waals surface area contributed by atoms with Crippen molar-refractivity contribution in [3.05, 3.63) is 33.4 Å². The van der Waals surface area contributed by atoms with Crippen molar-refractivity contribution in [2.45, 2.75) is 46.5 Å². The quantitative estimate of drug-likeness (QED) is 0.788. The molecule has 0 atom stereocenters. The summed E-state index contributed by atoms with van der Waals surface area (Å²) >= 11 is 0. The molecule has 0 spiro atoms. The molecule has 0 radical (unpaired) electrons. The lowest BCUT2D eigenvalue weighted by Crippen LogP contribution is -2.32. The fourth-order valence-corrected chi connectivity index (χ4v) is 2.90. The van der Waals surface area contributed by atoms with Crippen LogP contribution < -0.4 is 16.2 Å². The Bertz CT molecular complexity index is 836. The van der Waals surface area contributed by atoms with Gasteiger partial charge in [-0.1, -0.05) is 13.8 Å². The van der Waals surface area contributed by atoms with Gasteiger partial charge >= 0.3 is 6.03 Å². The van der Waals surface area contributed by atoms with Crippen LogP contribution in [0.15, 0.2) is 10.9 Å². The number of urea groups is 1. The summed E-state index contributed by atoms with van der Waals surface area (Å²) in [6.07, 6.45) is 3.60. The van der Waals surface area contributed by atoms with Crippen LogP contribution in [0.2, 0.25) is 0 Å². The van der Waals surface area contributed by atoms with E-state index in [-0.39, 0.29) is 11.6 Å². The zero-order valence-electron chi connectivity index (χ0n) is 14.8.